The molecule has 1 amide bonds. The van der Waals surface area contributed by atoms with Crippen molar-refractivity contribution in [1.29, 1.82) is 5.26 Å². The van der Waals surface area contributed by atoms with Crippen molar-refractivity contribution < 1.29 is 17.9 Å². The van der Waals surface area contributed by atoms with Crippen molar-refractivity contribution in [3.63, 3.8) is 0 Å². The molecule has 0 bridgehead atoms. The molecule has 7 nitrogen and oxygen atoms in total. The highest BCUT2D eigenvalue weighted by atomic mass is 32.2. The molecule has 146 valence electrons. The third-order valence-electron chi connectivity index (χ3n) is 5.34. The SMILES string of the molecule is C[C@@H](NC(=O)C1CCN(S(=O)(=O)c2ccccc2C#N)CC1)[C@@H]1CCCO1. The highest BCUT2D eigenvalue weighted by Crippen LogP contribution is 2.26. The molecule has 2 heterocycles. The van der Waals surface area contributed by atoms with Crippen LogP contribution in [0.15, 0.2) is 29.2 Å². The van der Waals surface area contributed by atoms with Crippen molar-refractivity contribution in [3.8, 4) is 6.07 Å². The Morgan fingerprint density at radius 1 is 1.30 bits per heavy atom. The molecule has 0 aromatic heterocycles. The van der Waals surface area contributed by atoms with Crippen LogP contribution in [0.25, 0.3) is 0 Å². The average molecular weight is 391 g/mol. The fourth-order valence-electron chi connectivity index (χ4n) is 3.71. The van der Waals surface area contributed by atoms with Crippen molar-refractivity contribution in [3.05, 3.63) is 29.8 Å². The van der Waals surface area contributed by atoms with Crippen LogP contribution in [0.3, 0.4) is 0 Å². The molecular formula is C19H25N3O4S. The summed E-state index contributed by atoms with van der Waals surface area (Å²) in [4.78, 5) is 12.5. The van der Waals surface area contributed by atoms with Gasteiger partial charge in [-0.2, -0.15) is 9.57 Å². The number of nitrogens with zero attached hydrogens (tertiary/aromatic N) is 2. The fraction of sp³-hybridized carbons (Fsp3) is 0.579. The Bertz CT molecular complexity index is 820. The zero-order valence-electron chi connectivity index (χ0n) is 15.4. The van der Waals surface area contributed by atoms with Gasteiger partial charge in [-0.1, -0.05) is 12.1 Å². The molecule has 2 atom stereocenters. The largest absolute Gasteiger partial charge is 0.376 e. The minimum Gasteiger partial charge on any atom is -0.376 e. The maximum absolute atomic E-state index is 12.9. The van der Waals surface area contributed by atoms with E-state index in [1.165, 1.54) is 16.4 Å². The Balaban J connectivity index is 1.59. The first-order valence-electron chi connectivity index (χ1n) is 9.34. The maximum Gasteiger partial charge on any atom is 0.244 e. The number of sulfonamides is 1. The molecule has 0 radical (unpaired) electrons. The number of carbonyl (C=O) groups is 1. The van der Waals surface area contributed by atoms with E-state index < -0.39 is 10.0 Å². The van der Waals surface area contributed by atoms with E-state index in [2.05, 4.69) is 5.32 Å². The van der Waals surface area contributed by atoms with Crippen LogP contribution in [0.2, 0.25) is 0 Å². The third kappa shape index (κ3) is 4.32. The Hall–Kier alpha value is -1.95. The molecule has 2 fully saturated rings. The molecule has 1 N–H and O–H groups in total. The number of benzene rings is 1. The lowest BCUT2D eigenvalue weighted by atomic mass is 9.96. The van der Waals surface area contributed by atoms with Gasteiger partial charge in [0.2, 0.25) is 15.9 Å². The highest BCUT2D eigenvalue weighted by molar-refractivity contribution is 7.89. The molecule has 0 spiro atoms. The van der Waals surface area contributed by atoms with Gasteiger partial charge in [0.1, 0.15) is 6.07 Å². The Labute approximate surface area is 160 Å². The standard InChI is InChI=1S/C19H25N3O4S/c1-14(17-6-4-12-26-17)21-19(23)15-8-10-22(11-9-15)27(24,25)18-7-3-2-5-16(18)13-20/h2-3,5,7,14-15,17H,4,6,8-12H2,1H3,(H,21,23)/t14-,17+/m1/s1. The second-order valence-electron chi connectivity index (χ2n) is 7.14. The first-order chi connectivity index (χ1) is 12.9. The molecule has 2 saturated heterocycles. The average Bonchev–Trinajstić information content (AvgIpc) is 3.23. The summed E-state index contributed by atoms with van der Waals surface area (Å²) in [6, 6.07) is 8.10. The van der Waals surface area contributed by atoms with E-state index in [1.54, 1.807) is 12.1 Å². The minimum absolute atomic E-state index is 0.0300. The van der Waals surface area contributed by atoms with Crippen molar-refractivity contribution in [2.45, 2.75) is 49.6 Å². The van der Waals surface area contributed by atoms with E-state index in [0.717, 1.165) is 19.4 Å². The number of hydrogen-bond acceptors (Lipinski definition) is 5. The summed E-state index contributed by atoms with van der Waals surface area (Å²) in [6.07, 6.45) is 2.98. The predicted octanol–water partition coefficient (Wildman–Crippen LogP) is 1.64. The number of nitriles is 1. The van der Waals surface area contributed by atoms with Gasteiger partial charge in [0.25, 0.3) is 0 Å². The van der Waals surface area contributed by atoms with Crippen LogP contribution in [0.5, 0.6) is 0 Å². The third-order valence-corrected chi connectivity index (χ3v) is 7.30. The molecule has 8 heteroatoms. The van der Waals surface area contributed by atoms with Crippen LogP contribution in [-0.2, 0) is 19.6 Å². The van der Waals surface area contributed by atoms with Crippen LogP contribution < -0.4 is 5.32 Å². The van der Waals surface area contributed by atoms with Crippen LogP contribution >= 0.6 is 0 Å². The number of carbonyl (C=O) groups excluding carboxylic acids is 1. The van der Waals surface area contributed by atoms with E-state index in [9.17, 15) is 18.5 Å². The van der Waals surface area contributed by atoms with Gasteiger partial charge in [0.15, 0.2) is 0 Å². The van der Waals surface area contributed by atoms with E-state index in [-0.39, 0.29) is 47.5 Å². The van der Waals surface area contributed by atoms with Gasteiger partial charge < -0.3 is 10.1 Å². The summed E-state index contributed by atoms with van der Waals surface area (Å²) in [5, 5.41) is 12.2. The number of rotatable bonds is 5. The van der Waals surface area contributed by atoms with E-state index >= 15 is 0 Å². The Morgan fingerprint density at radius 3 is 2.63 bits per heavy atom. The van der Waals surface area contributed by atoms with Gasteiger partial charge in [0.05, 0.1) is 22.6 Å². The van der Waals surface area contributed by atoms with E-state index in [0.29, 0.717) is 12.8 Å². The van der Waals surface area contributed by atoms with Crippen molar-refractivity contribution in [2.75, 3.05) is 19.7 Å². The van der Waals surface area contributed by atoms with Crippen molar-refractivity contribution >= 4 is 15.9 Å². The van der Waals surface area contributed by atoms with E-state index in [4.69, 9.17) is 4.74 Å². The second kappa shape index (κ2) is 8.38. The molecule has 1 aromatic carbocycles. The van der Waals surface area contributed by atoms with Crippen molar-refractivity contribution in [2.24, 2.45) is 5.92 Å². The number of piperidine rings is 1. The van der Waals surface area contributed by atoms with Crippen LogP contribution in [0.4, 0.5) is 0 Å². The Kier molecular flexibility index (Phi) is 6.15. The lowest BCUT2D eigenvalue weighted by molar-refractivity contribution is -0.127. The first kappa shape index (κ1) is 19.8. The summed E-state index contributed by atoms with van der Waals surface area (Å²) in [5.41, 5.74) is 0.141. The lowest BCUT2D eigenvalue weighted by Gasteiger charge is -2.31. The summed E-state index contributed by atoms with van der Waals surface area (Å²) in [5.74, 6) is -0.237. The molecular weight excluding hydrogens is 366 g/mol. The fourth-order valence-corrected chi connectivity index (χ4v) is 5.33. The zero-order valence-corrected chi connectivity index (χ0v) is 16.2. The zero-order chi connectivity index (χ0) is 19.4. The molecule has 2 aliphatic heterocycles. The summed E-state index contributed by atoms with van der Waals surface area (Å²) in [6.45, 7) is 3.24. The predicted molar refractivity (Wildman–Crippen MR) is 99.2 cm³/mol. The van der Waals surface area contributed by atoms with Gasteiger partial charge in [-0.05, 0) is 44.7 Å². The normalized spacial score (nSPS) is 22.9. The lowest BCUT2D eigenvalue weighted by Crippen LogP contribution is -2.47. The summed E-state index contributed by atoms with van der Waals surface area (Å²) in [7, 11) is -3.73. The summed E-state index contributed by atoms with van der Waals surface area (Å²) >= 11 is 0. The molecule has 2 aliphatic rings. The monoisotopic (exact) mass is 391 g/mol. The van der Waals surface area contributed by atoms with Crippen LogP contribution in [0.1, 0.15) is 38.2 Å². The second-order valence-corrected chi connectivity index (χ2v) is 9.04. The molecule has 1 aromatic rings. The molecule has 3 rings (SSSR count). The Morgan fingerprint density at radius 2 is 2.00 bits per heavy atom. The van der Waals surface area contributed by atoms with Gasteiger partial charge in [-0.15, -0.1) is 0 Å². The number of nitrogens with one attached hydrogen (secondary N) is 1. The maximum atomic E-state index is 12.9. The quantitative estimate of drug-likeness (QED) is 0.823. The van der Waals surface area contributed by atoms with Gasteiger partial charge in [0, 0.05) is 25.6 Å². The molecule has 0 saturated carbocycles. The highest BCUT2D eigenvalue weighted by Gasteiger charge is 2.34. The minimum atomic E-state index is -3.73. The van der Waals surface area contributed by atoms with Gasteiger partial charge in [-0.25, -0.2) is 8.42 Å². The van der Waals surface area contributed by atoms with Gasteiger partial charge in [-0.3, -0.25) is 4.79 Å². The number of amides is 1. The number of hydrogen-bond donors (Lipinski definition) is 1. The van der Waals surface area contributed by atoms with Gasteiger partial charge >= 0.3 is 0 Å². The van der Waals surface area contributed by atoms with Crippen LogP contribution in [-0.4, -0.2) is 50.5 Å². The number of ether oxygens (including phenoxy) is 1. The van der Waals surface area contributed by atoms with Crippen LogP contribution in [0, 0.1) is 17.2 Å². The topological polar surface area (TPSA) is 99.5 Å². The molecule has 0 unspecified atom stereocenters. The molecule has 27 heavy (non-hydrogen) atoms. The smallest absolute Gasteiger partial charge is 0.244 e. The van der Waals surface area contributed by atoms with Crippen molar-refractivity contribution in [1.82, 2.24) is 9.62 Å². The van der Waals surface area contributed by atoms with E-state index in [1.807, 2.05) is 13.0 Å². The summed E-state index contributed by atoms with van der Waals surface area (Å²) < 4.78 is 32.7. The molecule has 0 aliphatic carbocycles. The first-order valence-corrected chi connectivity index (χ1v) is 10.8.